The van der Waals surface area contributed by atoms with Crippen molar-refractivity contribution in [1.29, 1.82) is 0 Å². The molecule has 0 amide bonds. The summed E-state index contributed by atoms with van der Waals surface area (Å²) in [5, 5.41) is 0. The molecule has 1 aromatic rings. The molecule has 0 spiro atoms. The number of nitrogens with zero attached hydrogens (tertiary/aromatic N) is 2. The number of rotatable bonds is 8. The van der Waals surface area contributed by atoms with E-state index in [1.54, 1.807) is 13.0 Å². The Morgan fingerprint density at radius 2 is 2.16 bits per heavy atom. The molecular formula is C12H21N3O3S. The third-order valence-corrected chi connectivity index (χ3v) is 3.88. The Bertz CT molecular complexity index is 489. The van der Waals surface area contributed by atoms with Crippen LogP contribution in [0, 0.1) is 0 Å². The molecule has 19 heavy (non-hydrogen) atoms. The molecule has 1 N–H and O–H groups in total. The highest BCUT2D eigenvalue weighted by molar-refractivity contribution is 7.89. The quantitative estimate of drug-likeness (QED) is 0.713. The highest BCUT2D eigenvalue weighted by Gasteiger charge is 2.19. The summed E-state index contributed by atoms with van der Waals surface area (Å²) in [6.45, 7) is 3.43. The lowest BCUT2D eigenvalue weighted by Gasteiger charge is -2.12. The third-order valence-electron chi connectivity index (χ3n) is 2.41. The normalized spacial score (nSPS) is 11.8. The van der Waals surface area contributed by atoms with Gasteiger partial charge in [0.2, 0.25) is 10.0 Å². The highest BCUT2D eigenvalue weighted by Crippen LogP contribution is 2.21. The van der Waals surface area contributed by atoms with Gasteiger partial charge in [-0.15, -0.1) is 0 Å². The topological polar surface area (TPSA) is 71.5 Å². The van der Waals surface area contributed by atoms with Gasteiger partial charge >= 0.3 is 0 Å². The van der Waals surface area contributed by atoms with Crippen LogP contribution in [0.1, 0.15) is 13.3 Å². The number of hydrogen-bond donors (Lipinski definition) is 1. The van der Waals surface area contributed by atoms with Crippen LogP contribution in [0.3, 0.4) is 0 Å². The Labute approximate surface area is 114 Å². The minimum Gasteiger partial charge on any atom is -0.492 e. The number of aromatic nitrogens is 1. The molecule has 0 saturated heterocycles. The zero-order valence-electron chi connectivity index (χ0n) is 11.6. The zero-order valence-corrected chi connectivity index (χ0v) is 12.4. The van der Waals surface area contributed by atoms with Gasteiger partial charge in [-0.1, -0.05) is 0 Å². The van der Waals surface area contributed by atoms with E-state index in [2.05, 4.69) is 9.71 Å². The summed E-state index contributed by atoms with van der Waals surface area (Å²) in [7, 11) is 0.327. The fourth-order valence-corrected chi connectivity index (χ4v) is 2.68. The van der Waals surface area contributed by atoms with Crippen molar-refractivity contribution in [3.05, 3.63) is 18.5 Å². The lowest BCUT2D eigenvalue weighted by molar-refractivity contribution is 0.330. The Kier molecular flexibility index (Phi) is 6.20. The second-order valence-electron chi connectivity index (χ2n) is 4.31. The van der Waals surface area contributed by atoms with E-state index in [-0.39, 0.29) is 4.90 Å². The summed E-state index contributed by atoms with van der Waals surface area (Å²) >= 11 is 0. The fraction of sp³-hybridized carbons (Fsp3) is 0.583. The van der Waals surface area contributed by atoms with Crippen LogP contribution in [0.15, 0.2) is 23.4 Å². The van der Waals surface area contributed by atoms with Gasteiger partial charge in [-0.3, -0.25) is 4.98 Å². The predicted molar refractivity (Wildman–Crippen MR) is 73.8 cm³/mol. The van der Waals surface area contributed by atoms with Crippen molar-refractivity contribution in [3.8, 4) is 5.75 Å². The molecule has 1 heterocycles. The summed E-state index contributed by atoms with van der Waals surface area (Å²) in [6.07, 6.45) is 3.56. The van der Waals surface area contributed by atoms with E-state index in [4.69, 9.17) is 4.74 Å². The third kappa shape index (κ3) is 5.14. The van der Waals surface area contributed by atoms with Gasteiger partial charge in [0.1, 0.15) is 10.6 Å². The minimum absolute atomic E-state index is 0.0849. The van der Waals surface area contributed by atoms with E-state index >= 15 is 0 Å². The zero-order chi connectivity index (χ0) is 14.3. The number of pyridine rings is 1. The average molecular weight is 287 g/mol. The summed E-state index contributed by atoms with van der Waals surface area (Å²) < 4.78 is 32.1. The summed E-state index contributed by atoms with van der Waals surface area (Å²) in [5.41, 5.74) is 0. The van der Waals surface area contributed by atoms with Gasteiger partial charge in [0.15, 0.2) is 0 Å². The van der Waals surface area contributed by atoms with E-state index in [9.17, 15) is 8.42 Å². The first kappa shape index (κ1) is 15.9. The number of hydrogen-bond acceptors (Lipinski definition) is 5. The van der Waals surface area contributed by atoms with Gasteiger partial charge in [-0.2, -0.15) is 0 Å². The first-order chi connectivity index (χ1) is 8.97. The van der Waals surface area contributed by atoms with Crippen LogP contribution in [0.2, 0.25) is 0 Å². The minimum atomic E-state index is -3.57. The highest BCUT2D eigenvalue weighted by atomic mass is 32.2. The molecule has 108 valence electrons. The maximum atomic E-state index is 12.1. The Morgan fingerprint density at radius 1 is 1.42 bits per heavy atom. The second kappa shape index (κ2) is 7.42. The molecule has 0 atom stereocenters. The van der Waals surface area contributed by atoms with E-state index in [0.29, 0.717) is 18.9 Å². The number of sulfonamides is 1. The molecule has 0 fully saturated rings. The van der Waals surface area contributed by atoms with Gasteiger partial charge in [-0.25, -0.2) is 13.1 Å². The predicted octanol–water partition coefficient (Wildman–Crippen LogP) is 0.710. The van der Waals surface area contributed by atoms with E-state index < -0.39 is 10.0 Å². The van der Waals surface area contributed by atoms with Crippen LogP contribution in [0.25, 0.3) is 0 Å². The molecular weight excluding hydrogens is 266 g/mol. The van der Waals surface area contributed by atoms with E-state index in [1.165, 1.54) is 12.4 Å². The Balaban J connectivity index is 2.71. The fourth-order valence-electron chi connectivity index (χ4n) is 1.52. The van der Waals surface area contributed by atoms with Crippen LogP contribution in [-0.4, -0.2) is 52.1 Å². The van der Waals surface area contributed by atoms with Crippen LogP contribution in [-0.2, 0) is 10.0 Å². The van der Waals surface area contributed by atoms with Crippen molar-refractivity contribution in [2.45, 2.75) is 18.2 Å². The monoisotopic (exact) mass is 287 g/mol. The standard InChI is InChI=1S/C12H21N3O3S/c1-4-18-11-6-8-13-10-12(11)19(16,17)14-7-5-9-15(2)3/h6,8,10,14H,4-5,7,9H2,1-3H3. The molecule has 0 aliphatic rings. The summed E-state index contributed by atoms with van der Waals surface area (Å²) in [5.74, 6) is 0.331. The van der Waals surface area contributed by atoms with Crippen LogP contribution in [0.5, 0.6) is 5.75 Å². The van der Waals surface area contributed by atoms with E-state index in [1.807, 2.05) is 19.0 Å². The average Bonchev–Trinajstić information content (AvgIpc) is 2.35. The van der Waals surface area contributed by atoms with Crippen molar-refractivity contribution in [3.63, 3.8) is 0 Å². The van der Waals surface area contributed by atoms with Crippen molar-refractivity contribution in [1.82, 2.24) is 14.6 Å². The molecule has 0 aliphatic carbocycles. The summed E-state index contributed by atoms with van der Waals surface area (Å²) in [6, 6.07) is 1.55. The molecule has 0 aromatic carbocycles. The molecule has 0 saturated carbocycles. The first-order valence-corrected chi connectivity index (χ1v) is 7.67. The Morgan fingerprint density at radius 3 is 2.79 bits per heavy atom. The molecule has 1 rings (SSSR count). The first-order valence-electron chi connectivity index (χ1n) is 6.18. The lowest BCUT2D eigenvalue weighted by Crippen LogP contribution is -2.27. The molecule has 0 radical (unpaired) electrons. The molecule has 0 unspecified atom stereocenters. The van der Waals surface area contributed by atoms with Crippen molar-refractivity contribution in [2.24, 2.45) is 0 Å². The van der Waals surface area contributed by atoms with Crippen molar-refractivity contribution < 1.29 is 13.2 Å². The van der Waals surface area contributed by atoms with E-state index in [0.717, 1.165) is 13.0 Å². The van der Waals surface area contributed by atoms with Gasteiger partial charge in [0.05, 0.1) is 12.8 Å². The Hall–Kier alpha value is -1.18. The van der Waals surface area contributed by atoms with Crippen molar-refractivity contribution in [2.75, 3.05) is 33.8 Å². The molecule has 0 bridgehead atoms. The van der Waals surface area contributed by atoms with Gasteiger partial charge in [-0.05, 0) is 40.1 Å². The SMILES string of the molecule is CCOc1ccncc1S(=O)(=O)NCCCN(C)C. The number of ether oxygens (including phenoxy) is 1. The smallest absolute Gasteiger partial charge is 0.245 e. The molecule has 1 aromatic heterocycles. The number of nitrogens with one attached hydrogen (secondary N) is 1. The second-order valence-corrected chi connectivity index (χ2v) is 6.05. The van der Waals surface area contributed by atoms with Crippen LogP contribution in [0.4, 0.5) is 0 Å². The molecule has 7 heteroatoms. The van der Waals surface area contributed by atoms with Crippen molar-refractivity contribution >= 4 is 10.0 Å². The van der Waals surface area contributed by atoms with Crippen LogP contribution >= 0.6 is 0 Å². The lowest BCUT2D eigenvalue weighted by atomic mass is 10.4. The van der Waals surface area contributed by atoms with Gasteiger partial charge in [0.25, 0.3) is 0 Å². The molecule has 6 nitrogen and oxygen atoms in total. The van der Waals surface area contributed by atoms with Gasteiger partial charge in [0, 0.05) is 12.7 Å². The molecule has 0 aliphatic heterocycles. The summed E-state index contributed by atoms with van der Waals surface area (Å²) in [4.78, 5) is 5.93. The van der Waals surface area contributed by atoms with Crippen LogP contribution < -0.4 is 9.46 Å². The van der Waals surface area contributed by atoms with Gasteiger partial charge < -0.3 is 9.64 Å². The maximum absolute atomic E-state index is 12.1. The largest absolute Gasteiger partial charge is 0.492 e. The maximum Gasteiger partial charge on any atom is 0.245 e.